The van der Waals surface area contributed by atoms with Crippen LogP contribution in [0.4, 0.5) is 0 Å². The summed E-state index contributed by atoms with van der Waals surface area (Å²) in [6, 6.07) is 9.13. The van der Waals surface area contributed by atoms with Crippen LogP contribution >= 0.6 is 0 Å². The maximum Gasteiger partial charge on any atom is 0.245 e. The number of ether oxygens (including phenoxy) is 1. The van der Waals surface area contributed by atoms with E-state index in [0.717, 1.165) is 31.7 Å². The Hall–Kier alpha value is -2.04. The Bertz CT molecular complexity index is 539. The fraction of sp³-hybridized carbons (Fsp3) is 0.600. The zero-order valence-electron chi connectivity index (χ0n) is 15.4. The van der Waals surface area contributed by atoms with Gasteiger partial charge in [0.15, 0.2) is 0 Å². The summed E-state index contributed by atoms with van der Waals surface area (Å²) in [6.45, 7) is 6.06. The molecule has 0 bridgehead atoms. The maximum absolute atomic E-state index is 12.7. The molecule has 1 aromatic rings. The van der Waals surface area contributed by atoms with E-state index in [1.807, 2.05) is 49.1 Å². The molecule has 0 spiro atoms. The minimum absolute atomic E-state index is 0.0589. The highest BCUT2D eigenvalue weighted by Crippen LogP contribution is 2.14. The first-order valence-electron chi connectivity index (χ1n) is 9.34. The number of carbonyl (C=O) groups excluding carboxylic acids is 2. The number of benzene rings is 1. The molecule has 1 atom stereocenters. The minimum Gasteiger partial charge on any atom is -0.494 e. The smallest absolute Gasteiger partial charge is 0.245 e. The summed E-state index contributed by atoms with van der Waals surface area (Å²) in [7, 11) is 0. The van der Waals surface area contributed by atoms with Crippen LogP contribution in [0.2, 0.25) is 0 Å². The van der Waals surface area contributed by atoms with Gasteiger partial charge in [0.25, 0.3) is 0 Å². The predicted octanol–water partition coefficient (Wildman–Crippen LogP) is 3.00. The molecule has 0 radical (unpaired) electrons. The van der Waals surface area contributed by atoms with Gasteiger partial charge in [-0.2, -0.15) is 0 Å². The highest BCUT2D eigenvalue weighted by atomic mass is 16.5. The van der Waals surface area contributed by atoms with Crippen LogP contribution in [0.25, 0.3) is 0 Å². The van der Waals surface area contributed by atoms with Crippen LogP contribution in [0.15, 0.2) is 30.3 Å². The van der Waals surface area contributed by atoms with Crippen molar-refractivity contribution >= 4 is 11.8 Å². The predicted molar refractivity (Wildman–Crippen MR) is 98.4 cm³/mol. The van der Waals surface area contributed by atoms with Crippen molar-refractivity contribution in [1.29, 1.82) is 0 Å². The lowest BCUT2D eigenvalue weighted by atomic mass is 10.0. The van der Waals surface area contributed by atoms with Gasteiger partial charge in [-0.3, -0.25) is 9.59 Å². The lowest BCUT2D eigenvalue weighted by molar-refractivity contribution is -0.138. The molecule has 5 heteroatoms. The van der Waals surface area contributed by atoms with Gasteiger partial charge in [0.1, 0.15) is 11.8 Å². The van der Waals surface area contributed by atoms with Crippen LogP contribution < -0.4 is 10.1 Å². The number of piperidine rings is 1. The van der Waals surface area contributed by atoms with Crippen molar-refractivity contribution < 1.29 is 14.3 Å². The normalized spacial score (nSPS) is 15.7. The van der Waals surface area contributed by atoms with Crippen molar-refractivity contribution in [1.82, 2.24) is 10.2 Å². The summed E-state index contributed by atoms with van der Waals surface area (Å²) in [6.07, 6.45) is 4.29. The van der Waals surface area contributed by atoms with Crippen LogP contribution in [0, 0.1) is 5.92 Å². The quantitative estimate of drug-likeness (QED) is 0.736. The first kappa shape index (κ1) is 19.3. The topological polar surface area (TPSA) is 58.6 Å². The molecule has 138 valence electrons. The SMILES string of the molecule is CC(C)[C@@H](NC(=O)CCCOc1ccccc1)C(=O)N1CCCCC1. The molecule has 0 aliphatic carbocycles. The molecule has 0 unspecified atom stereocenters. The molecule has 0 aromatic heterocycles. The van der Waals surface area contributed by atoms with Crippen molar-refractivity contribution in [2.24, 2.45) is 5.92 Å². The van der Waals surface area contributed by atoms with Gasteiger partial charge in [0.05, 0.1) is 6.61 Å². The zero-order valence-corrected chi connectivity index (χ0v) is 15.4. The van der Waals surface area contributed by atoms with Gasteiger partial charge < -0.3 is 15.0 Å². The molecular weight excluding hydrogens is 316 g/mol. The molecule has 25 heavy (non-hydrogen) atoms. The summed E-state index contributed by atoms with van der Waals surface area (Å²) in [5.41, 5.74) is 0. The first-order valence-corrected chi connectivity index (χ1v) is 9.34. The van der Waals surface area contributed by atoms with Crippen molar-refractivity contribution in [2.45, 2.75) is 52.0 Å². The van der Waals surface area contributed by atoms with Gasteiger partial charge in [-0.25, -0.2) is 0 Å². The van der Waals surface area contributed by atoms with Gasteiger partial charge in [-0.1, -0.05) is 32.0 Å². The molecule has 1 saturated heterocycles. The average Bonchev–Trinajstić information content (AvgIpc) is 2.64. The van der Waals surface area contributed by atoms with E-state index in [1.165, 1.54) is 6.42 Å². The summed E-state index contributed by atoms with van der Waals surface area (Å²) in [4.78, 5) is 26.8. The first-order chi connectivity index (χ1) is 12.1. The summed E-state index contributed by atoms with van der Waals surface area (Å²) >= 11 is 0. The summed E-state index contributed by atoms with van der Waals surface area (Å²) in [5.74, 6) is 0.867. The number of hydrogen-bond donors (Lipinski definition) is 1. The monoisotopic (exact) mass is 346 g/mol. The van der Waals surface area contributed by atoms with Crippen LogP contribution in [-0.2, 0) is 9.59 Å². The number of likely N-dealkylation sites (tertiary alicyclic amines) is 1. The van der Waals surface area contributed by atoms with E-state index in [2.05, 4.69) is 5.32 Å². The highest BCUT2D eigenvalue weighted by Gasteiger charge is 2.29. The second-order valence-electron chi connectivity index (χ2n) is 6.94. The Morgan fingerprint density at radius 3 is 2.44 bits per heavy atom. The average molecular weight is 346 g/mol. The summed E-state index contributed by atoms with van der Waals surface area (Å²) in [5, 5.41) is 2.93. The number of carbonyl (C=O) groups is 2. The van der Waals surface area contributed by atoms with Crippen LogP contribution in [0.5, 0.6) is 5.75 Å². The molecule has 0 saturated carbocycles. The van der Waals surface area contributed by atoms with Crippen molar-refractivity contribution in [3.8, 4) is 5.75 Å². The molecule has 2 amide bonds. The molecule has 2 rings (SSSR count). The van der Waals surface area contributed by atoms with E-state index < -0.39 is 6.04 Å². The van der Waals surface area contributed by atoms with Crippen molar-refractivity contribution in [3.63, 3.8) is 0 Å². The minimum atomic E-state index is -0.430. The second kappa shape index (κ2) is 10.1. The molecule has 1 fully saturated rings. The zero-order chi connectivity index (χ0) is 18.1. The molecule has 5 nitrogen and oxygen atoms in total. The molecule has 1 aliphatic rings. The maximum atomic E-state index is 12.7. The third-order valence-corrected chi connectivity index (χ3v) is 4.48. The largest absolute Gasteiger partial charge is 0.494 e. The fourth-order valence-corrected chi connectivity index (χ4v) is 3.01. The van der Waals surface area contributed by atoms with Gasteiger partial charge in [0.2, 0.25) is 11.8 Å². The van der Waals surface area contributed by atoms with Crippen molar-refractivity contribution in [3.05, 3.63) is 30.3 Å². The van der Waals surface area contributed by atoms with Gasteiger partial charge in [-0.15, -0.1) is 0 Å². The highest BCUT2D eigenvalue weighted by molar-refractivity contribution is 5.87. The number of rotatable bonds is 8. The molecule has 1 N–H and O–H groups in total. The third-order valence-electron chi connectivity index (χ3n) is 4.48. The number of para-hydroxylation sites is 1. The lowest BCUT2D eigenvalue weighted by Gasteiger charge is -2.32. The molecule has 1 heterocycles. The van der Waals surface area contributed by atoms with E-state index in [4.69, 9.17) is 4.74 Å². The van der Waals surface area contributed by atoms with Crippen molar-refractivity contribution in [2.75, 3.05) is 19.7 Å². The van der Waals surface area contributed by atoms with E-state index >= 15 is 0 Å². The van der Waals surface area contributed by atoms with E-state index in [0.29, 0.717) is 19.4 Å². The second-order valence-corrected chi connectivity index (χ2v) is 6.94. The Morgan fingerprint density at radius 1 is 1.12 bits per heavy atom. The number of nitrogens with one attached hydrogen (secondary N) is 1. The Labute approximate surface area is 150 Å². The van der Waals surface area contributed by atoms with Gasteiger partial charge in [0, 0.05) is 19.5 Å². The van der Waals surface area contributed by atoms with Crippen LogP contribution in [-0.4, -0.2) is 42.5 Å². The molecule has 1 aromatic carbocycles. The van der Waals surface area contributed by atoms with E-state index in [9.17, 15) is 9.59 Å². The van der Waals surface area contributed by atoms with E-state index in [-0.39, 0.29) is 17.7 Å². The number of nitrogens with zero attached hydrogens (tertiary/aromatic N) is 1. The lowest BCUT2D eigenvalue weighted by Crippen LogP contribution is -2.52. The third kappa shape index (κ3) is 6.40. The Morgan fingerprint density at radius 2 is 1.80 bits per heavy atom. The fourth-order valence-electron chi connectivity index (χ4n) is 3.01. The molecule has 1 aliphatic heterocycles. The standard InChI is InChI=1S/C20H30N2O3/c1-16(2)19(20(24)22-13-7-4-8-14-22)21-18(23)12-9-15-25-17-10-5-3-6-11-17/h3,5-6,10-11,16,19H,4,7-9,12-15H2,1-2H3,(H,21,23)/t19-/m1/s1. The van der Waals surface area contributed by atoms with Gasteiger partial charge >= 0.3 is 0 Å². The van der Waals surface area contributed by atoms with Gasteiger partial charge in [-0.05, 0) is 43.7 Å². The Balaban J connectivity index is 1.74. The summed E-state index contributed by atoms with van der Waals surface area (Å²) < 4.78 is 5.60. The Kier molecular flexibility index (Phi) is 7.76. The van der Waals surface area contributed by atoms with E-state index in [1.54, 1.807) is 0 Å². The molecular formula is C20H30N2O3. The van der Waals surface area contributed by atoms with Crippen LogP contribution in [0.3, 0.4) is 0 Å². The number of amides is 2. The number of hydrogen-bond acceptors (Lipinski definition) is 3. The van der Waals surface area contributed by atoms with Crippen LogP contribution in [0.1, 0.15) is 46.0 Å².